The van der Waals surface area contributed by atoms with Crippen molar-refractivity contribution in [2.45, 2.75) is 139 Å². The third-order valence-corrected chi connectivity index (χ3v) is 16.2. The summed E-state index contributed by atoms with van der Waals surface area (Å²) >= 11 is 0. The molecule has 1 aromatic carbocycles. The van der Waals surface area contributed by atoms with Gasteiger partial charge in [-0.25, -0.2) is 4.79 Å². The van der Waals surface area contributed by atoms with Gasteiger partial charge in [0, 0.05) is 13.1 Å². The molecule has 5 nitrogen and oxygen atoms in total. The van der Waals surface area contributed by atoms with Crippen molar-refractivity contribution in [3.05, 3.63) is 53.6 Å². The number of nitrogens with one attached hydrogen (secondary N) is 1. The van der Waals surface area contributed by atoms with Gasteiger partial charge in [-0.15, -0.1) is 0 Å². The molecule has 0 aliphatic heterocycles. The highest BCUT2D eigenvalue weighted by Gasteiger charge is 2.71. The summed E-state index contributed by atoms with van der Waals surface area (Å²) < 4.78 is 5.65. The molecule has 1 aromatic rings. The van der Waals surface area contributed by atoms with E-state index >= 15 is 0 Å². The van der Waals surface area contributed by atoms with Crippen molar-refractivity contribution in [1.82, 2.24) is 10.2 Å². The molecule has 288 valence electrons. The van der Waals surface area contributed by atoms with E-state index in [1.807, 2.05) is 32.9 Å². The van der Waals surface area contributed by atoms with Gasteiger partial charge in [-0.2, -0.15) is 0 Å². The lowest BCUT2D eigenvalue weighted by molar-refractivity contribution is -0.225. The van der Waals surface area contributed by atoms with Crippen LogP contribution < -0.4 is 5.32 Å². The van der Waals surface area contributed by atoms with E-state index in [2.05, 4.69) is 84.1 Å². The van der Waals surface area contributed by atoms with Crippen LogP contribution in [0.4, 0.5) is 0 Å². The highest BCUT2D eigenvalue weighted by Crippen LogP contribution is 2.77. The van der Waals surface area contributed by atoms with Crippen molar-refractivity contribution in [2.24, 2.45) is 56.7 Å². The van der Waals surface area contributed by atoms with Gasteiger partial charge in [-0.05, 0) is 174 Å². The molecule has 0 saturated heterocycles. The molecule has 0 radical (unpaired) electrons. The molecule has 6 rings (SSSR count). The van der Waals surface area contributed by atoms with Crippen LogP contribution in [0.15, 0.2) is 42.5 Å². The Kier molecular flexibility index (Phi) is 10.4. The molecule has 9 atom stereocenters. The maximum Gasteiger partial charge on any atom is 0.338 e. The fourth-order valence-corrected chi connectivity index (χ4v) is 13.7. The predicted octanol–water partition coefficient (Wildman–Crippen LogP) is 10.8. The molecule has 0 spiro atoms. The Hall–Kier alpha value is -2.40. The molecular formula is C47H72N2O3. The zero-order valence-electron chi connectivity index (χ0n) is 34.8. The Balaban J connectivity index is 1.30. The summed E-state index contributed by atoms with van der Waals surface area (Å²) in [5, 5.41) is 3.46. The lowest BCUT2D eigenvalue weighted by Crippen LogP contribution is -2.66. The van der Waals surface area contributed by atoms with Crippen LogP contribution in [0.25, 0.3) is 5.57 Å². The maximum absolute atomic E-state index is 14.4. The number of likely N-dealkylation sites (N-methyl/N-ethyl adjacent to an activating group) is 1. The molecule has 0 heterocycles. The van der Waals surface area contributed by atoms with Gasteiger partial charge in [0.25, 0.3) is 0 Å². The first-order valence-corrected chi connectivity index (χ1v) is 20.9. The van der Waals surface area contributed by atoms with Crippen molar-refractivity contribution in [2.75, 3.05) is 27.2 Å². The number of hydrogen-bond acceptors (Lipinski definition) is 4. The van der Waals surface area contributed by atoms with Crippen LogP contribution in [0.5, 0.6) is 0 Å². The Morgan fingerprint density at radius 3 is 2.23 bits per heavy atom. The smallest absolute Gasteiger partial charge is 0.338 e. The Morgan fingerprint density at radius 1 is 0.904 bits per heavy atom. The molecule has 5 aliphatic carbocycles. The third kappa shape index (κ3) is 6.25. The van der Waals surface area contributed by atoms with Crippen molar-refractivity contribution in [1.29, 1.82) is 0 Å². The highest BCUT2D eigenvalue weighted by molar-refractivity contribution is 5.90. The van der Waals surface area contributed by atoms with Gasteiger partial charge >= 0.3 is 5.97 Å². The minimum absolute atomic E-state index is 0.0142. The summed E-state index contributed by atoms with van der Waals surface area (Å²) in [5.41, 5.74) is 4.57. The van der Waals surface area contributed by atoms with Crippen LogP contribution in [-0.4, -0.2) is 49.6 Å². The fraction of sp³-hybridized carbons (Fsp3) is 0.745. The van der Waals surface area contributed by atoms with E-state index in [0.717, 1.165) is 58.0 Å². The number of fused-ring (bicyclic) bond motifs is 7. The Bertz CT molecular complexity index is 1570. The summed E-state index contributed by atoms with van der Waals surface area (Å²) in [5.74, 6) is 2.70. The third-order valence-electron chi connectivity index (χ3n) is 16.2. The molecule has 0 bridgehead atoms. The molecule has 4 fully saturated rings. The van der Waals surface area contributed by atoms with Crippen molar-refractivity contribution >= 4 is 17.4 Å². The summed E-state index contributed by atoms with van der Waals surface area (Å²) in [6.45, 7) is 27.4. The van der Waals surface area contributed by atoms with E-state index in [1.165, 1.54) is 42.4 Å². The number of esters is 1. The fourth-order valence-electron chi connectivity index (χ4n) is 13.7. The van der Waals surface area contributed by atoms with Crippen molar-refractivity contribution in [3.63, 3.8) is 0 Å². The Labute approximate surface area is 317 Å². The summed E-state index contributed by atoms with van der Waals surface area (Å²) in [7, 11) is 4.17. The quantitative estimate of drug-likeness (QED) is 0.205. The molecular weight excluding hydrogens is 641 g/mol. The average molecular weight is 713 g/mol. The van der Waals surface area contributed by atoms with Crippen LogP contribution in [-0.2, 0) is 9.53 Å². The van der Waals surface area contributed by atoms with Gasteiger partial charge < -0.3 is 15.0 Å². The van der Waals surface area contributed by atoms with Crippen molar-refractivity contribution < 1.29 is 14.3 Å². The molecule has 1 amide bonds. The summed E-state index contributed by atoms with van der Waals surface area (Å²) in [4.78, 5) is 29.4. The number of nitrogens with zero attached hydrogens (tertiary/aromatic N) is 1. The molecule has 1 N–H and O–H groups in total. The van der Waals surface area contributed by atoms with Crippen molar-refractivity contribution in [3.8, 4) is 0 Å². The number of rotatable bonds is 9. The first-order chi connectivity index (χ1) is 24.2. The zero-order valence-corrected chi connectivity index (χ0v) is 34.8. The van der Waals surface area contributed by atoms with E-state index in [4.69, 9.17) is 11.3 Å². The number of carbonyl (C=O) groups excluding carboxylic acids is 2. The number of ether oxygens (including phenoxy) is 1. The van der Waals surface area contributed by atoms with Gasteiger partial charge in [0.15, 0.2) is 0 Å². The first-order valence-electron chi connectivity index (χ1n) is 20.9. The van der Waals surface area contributed by atoms with Gasteiger partial charge in [-0.1, -0.05) is 78.3 Å². The number of benzene rings is 1. The molecule has 0 unspecified atom stereocenters. The van der Waals surface area contributed by atoms with Gasteiger partial charge in [0.2, 0.25) is 5.91 Å². The maximum atomic E-state index is 14.4. The van der Waals surface area contributed by atoms with E-state index < -0.39 is 5.60 Å². The number of carbonyl (C=O) groups is 2. The second-order valence-electron chi connectivity index (χ2n) is 20.6. The summed E-state index contributed by atoms with van der Waals surface area (Å²) in [6.07, 6.45) is 15.2. The second kappa shape index (κ2) is 13.7. The minimum Gasteiger partial charge on any atom is -0.456 e. The van der Waals surface area contributed by atoms with Crippen LogP contribution in [0, 0.1) is 56.7 Å². The molecule has 0 aromatic heterocycles. The van der Waals surface area contributed by atoms with Crippen LogP contribution >= 0.6 is 0 Å². The van der Waals surface area contributed by atoms with Gasteiger partial charge in [0.1, 0.15) is 5.60 Å². The molecule has 52 heavy (non-hydrogen) atoms. The van der Waals surface area contributed by atoms with E-state index in [-0.39, 0.29) is 33.0 Å². The normalized spacial score (nSPS) is 37.9. The minimum atomic E-state index is -0.511. The highest BCUT2D eigenvalue weighted by atomic mass is 16.6. The lowest BCUT2D eigenvalue weighted by Gasteiger charge is -2.72. The molecule has 5 heteroatoms. The van der Waals surface area contributed by atoms with E-state index in [9.17, 15) is 9.59 Å². The zero-order chi connectivity index (χ0) is 38.1. The SMILES string of the molecule is C=C(CCC)[C@@H]1CC[C@]2(C(=O)NCCN(C)C)CC[C@]3(C)[C@H](CC[C@@H]4[C@@]5(C)CC=C(c6ccc(C(=O)OC(C)(C)C)cc6)C(C)(C)[C@@H]5CC[C@]43C)[C@@H]12. The van der Waals surface area contributed by atoms with E-state index in [0.29, 0.717) is 41.1 Å². The lowest BCUT2D eigenvalue weighted by atomic mass is 9.32. The number of amides is 1. The number of allylic oxidation sites excluding steroid dienone is 3. The Morgan fingerprint density at radius 2 is 1.60 bits per heavy atom. The largest absolute Gasteiger partial charge is 0.456 e. The number of hydrogen-bond donors (Lipinski definition) is 1. The second-order valence-corrected chi connectivity index (χ2v) is 20.6. The average Bonchev–Trinajstić information content (AvgIpc) is 3.45. The monoisotopic (exact) mass is 713 g/mol. The van der Waals surface area contributed by atoms with Crippen LogP contribution in [0.1, 0.15) is 149 Å². The van der Waals surface area contributed by atoms with E-state index in [1.54, 1.807) is 0 Å². The summed E-state index contributed by atoms with van der Waals surface area (Å²) in [6, 6.07) is 8.19. The molecule has 4 saturated carbocycles. The topological polar surface area (TPSA) is 58.6 Å². The van der Waals surface area contributed by atoms with Crippen LogP contribution in [0.2, 0.25) is 0 Å². The van der Waals surface area contributed by atoms with Gasteiger partial charge in [0.05, 0.1) is 11.0 Å². The molecule has 5 aliphatic rings. The first kappa shape index (κ1) is 39.3. The van der Waals surface area contributed by atoms with Gasteiger partial charge in [-0.3, -0.25) is 4.79 Å². The van der Waals surface area contributed by atoms with Crippen LogP contribution in [0.3, 0.4) is 0 Å². The predicted molar refractivity (Wildman–Crippen MR) is 215 cm³/mol. The standard InChI is InChI=1S/C47H72N2O3/c1-13-14-31(2)34-21-26-47(41(51)48-29-30-49(11)12)28-27-45(9)36(39(34)47)19-20-38-44(8)24-22-35(43(6,7)37(44)23-25-46(38,45)10)32-15-17-33(18-16-32)40(50)52-42(3,4)5/h15-18,22,34,36-39H,2,13-14,19-21,23-30H2,1,3-12H3,(H,48,51)/t34-,36+,37-,38+,39+,44-,45+,46+,47-/m0/s1.